The van der Waals surface area contributed by atoms with Crippen LogP contribution in [0.25, 0.3) is 10.9 Å². The summed E-state index contributed by atoms with van der Waals surface area (Å²) < 4.78 is 62.8. The van der Waals surface area contributed by atoms with Crippen LogP contribution in [0.1, 0.15) is 29.5 Å². The molecule has 0 radical (unpaired) electrons. The molecule has 1 aliphatic rings. The quantitative estimate of drug-likeness (QED) is 0.149. The van der Waals surface area contributed by atoms with Crippen LogP contribution in [0.15, 0.2) is 66.9 Å². The topological polar surface area (TPSA) is 137 Å². The predicted molar refractivity (Wildman–Crippen MR) is 165 cm³/mol. The number of fused-ring (bicyclic) bond motifs is 1. The van der Waals surface area contributed by atoms with Gasteiger partial charge in [-0.15, -0.1) is 0 Å². The number of alkyl halides is 3. The van der Waals surface area contributed by atoms with Gasteiger partial charge in [0, 0.05) is 55.5 Å². The highest BCUT2D eigenvalue weighted by Crippen LogP contribution is 2.44. The maximum atomic E-state index is 14.9. The molecule has 47 heavy (non-hydrogen) atoms. The number of aromatic nitrogens is 1. The Bertz CT molecular complexity index is 1770. The molecular weight excluding hydrogens is 623 g/mol. The van der Waals surface area contributed by atoms with Gasteiger partial charge in [0.25, 0.3) is 5.69 Å². The number of likely N-dealkylation sites (tertiary alicyclic amines) is 1. The zero-order chi connectivity index (χ0) is 33.9. The lowest BCUT2D eigenvalue weighted by Gasteiger charge is -2.39. The summed E-state index contributed by atoms with van der Waals surface area (Å²) in [5, 5.41) is 32.2. The minimum Gasteiger partial charge on any atom is -0.497 e. The van der Waals surface area contributed by atoms with E-state index in [4.69, 9.17) is 19.3 Å². The molecule has 0 bridgehead atoms. The van der Waals surface area contributed by atoms with Crippen LogP contribution in [-0.4, -0.2) is 76.7 Å². The van der Waals surface area contributed by atoms with Gasteiger partial charge in [-0.05, 0) is 54.3 Å². The third-order valence-electron chi connectivity index (χ3n) is 8.34. The Balaban J connectivity index is 1.39. The Morgan fingerprint density at radius 3 is 2.38 bits per heavy atom. The van der Waals surface area contributed by atoms with Crippen LogP contribution in [0.4, 0.5) is 18.9 Å². The first-order valence-electron chi connectivity index (χ1n) is 14.8. The molecule has 0 aliphatic carbocycles. The number of carbonyl (C=O) groups is 1. The van der Waals surface area contributed by atoms with Crippen molar-refractivity contribution in [2.75, 3.05) is 33.9 Å². The molecule has 14 heteroatoms. The second kappa shape index (κ2) is 13.5. The largest absolute Gasteiger partial charge is 0.497 e. The second-order valence-electron chi connectivity index (χ2n) is 11.5. The minimum absolute atomic E-state index is 0.0509. The Labute approximate surface area is 267 Å². The fourth-order valence-electron chi connectivity index (χ4n) is 5.93. The van der Waals surface area contributed by atoms with E-state index in [1.54, 1.807) is 42.5 Å². The van der Waals surface area contributed by atoms with Crippen LogP contribution in [-0.2, 0) is 23.4 Å². The zero-order valence-corrected chi connectivity index (χ0v) is 25.7. The van der Waals surface area contributed by atoms with E-state index in [-0.39, 0.29) is 48.7 Å². The molecule has 1 aromatic heterocycles. The Hall–Kier alpha value is -4.82. The molecule has 0 saturated carbocycles. The van der Waals surface area contributed by atoms with E-state index in [0.717, 1.165) is 6.07 Å². The first-order valence-corrected chi connectivity index (χ1v) is 14.8. The van der Waals surface area contributed by atoms with Crippen molar-refractivity contribution in [1.82, 2.24) is 9.47 Å². The standard InChI is InChI=1S/C33H34F3N3O8/c1-45-25-5-3-4-22(14-25)18-38-19-27(26-8-7-23(39(43)44)17-28(26)38)32(42,33(34,35)36)20-37-12-10-24(11-13-37)47-29-9-6-21(16-31(40)41)15-30(29)46-2/h3-9,14-15,17,19,24,42H,10-13,16,18,20H2,1-2H3,(H,40,41). The number of aliphatic hydroxyl groups is 1. The van der Waals surface area contributed by atoms with Gasteiger partial charge < -0.3 is 29.0 Å². The highest BCUT2D eigenvalue weighted by molar-refractivity contribution is 5.87. The van der Waals surface area contributed by atoms with E-state index in [9.17, 15) is 33.2 Å². The van der Waals surface area contributed by atoms with E-state index in [1.807, 2.05) is 0 Å². The first-order chi connectivity index (χ1) is 22.3. The fraction of sp³-hybridized carbons (Fsp3) is 0.364. The third-order valence-corrected chi connectivity index (χ3v) is 8.34. The SMILES string of the molecule is COc1cccc(Cn2cc(C(O)(CN3CCC(Oc4ccc(CC(=O)O)cc4OC)CC3)C(F)(F)F)c3ccc([N+](=O)[O-])cc32)c1. The maximum absolute atomic E-state index is 14.9. The monoisotopic (exact) mass is 657 g/mol. The van der Waals surface area contributed by atoms with Gasteiger partial charge in [-0.2, -0.15) is 13.2 Å². The Morgan fingerprint density at radius 1 is 1.00 bits per heavy atom. The van der Waals surface area contributed by atoms with Gasteiger partial charge in [0.1, 0.15) is 11.9 Å². The van der Waals surface area contributed by atoms with Gasteiger partial charge in [-0.25, -0.2) is 0 Å². The normalized spacial score (nSPS) is 15.7. The highest BCUT2D eigenvalue weighted by atomic mass is 19.4. The summed E-state index contributed by atoms with van der Waals surface area (Å²) >= 11 is 0. The zero-order valence-electron chi connectivity index (χ0n) is 25.7. The van der Waals surface area contributed by atoms with Crippen LogP contribution in [0.3, 0.4) is 0 Å². The van der Waals surface area contributed by atoms with Crippen molar-refractivity contribution < 1.29 is 47.3 Å². The highest BCUT2D eigenvalue weighted by Gasteiger charge is 2.57. The number of hydrogen-bond donors (Lipinski definition) is 2. The molecule has 3 aromatic carbocycles. The van der Waals surface area contributed by atoms with E-state index in [0.29, 0.717) is 41.2 Å². The maximum Gasteiger partial charge on any atom is 0.422 e. The molecule has 5 rings (SSSR count). The number of rotatable bonds is 12. The summed E-state index contributed by atoms with van der Waals surface area (Å²) in [7, 11) is 2.92. The number of aliphatic carboxylic acids is 1. The molecule has 1 fully saturated rings. The van der Waals surface area contributed by atoms with E-state index >= 15 is 0 Å². The van der Waals surface area contributed by atoms with Gasteiger partial charge in [-0.1, -0.05) is 18.2 Å². The van der Waals surface area contributed by atoms with E-state index in [2.05, 4.69) is 0 Å². The van der Waals surface area contributed by atoms with Crippen molar-refractivity contribution in [2.24, 2.45) is 0 Å². The predicted octanol–water partition coefficient (Wildman–Crippen LogP) is 5.54. The number of benzene rings is 3. The number of nitro groups is 1. The number of methoxy groups -OCH3 is 2. The molecule has 1 saturated heterocycles. The average molecular weight is 658 g/mol. The third kappa shape index (κ3) is 7.28. The summed E-state index contributed by atoms with van der Waals surface area (Å²) in [6, 6.07) is 15.3. The van der Waals surface area contributed by atoms with Crippen LogP contribution in [0, 0.1) is 10.1 Å². The lowest BCUT2D eigenvalue weighted by molar-refractivity contribution is -0.384. The van der Waals surface area contributed by atoms with Crippen LogP contribution in [0.2, 0.25) is 0 Å². The molecule has 0 spiro atoms. The van der Waals surface area contributed by atoms with Gasteiger partial charge in [-0.3, -0.25) is 19.8 Å². The van der Waals surface area contributed by atoms with Crippen molar-refractivity contribution in [3.63, 3.8) is 0 Å². The lowest BCUT2D eigenvalue weighted by atomic mass is 9.91. The molecule has 2 heterocycles. The average Bonchev–Trinajstić information content (AvgIpc) is 3.39. The summed E-state index contributed by atoms with van der Waals surface area (Å²) in [5.41, 5.74) is -2.59. The van der Waals surface area contributed by atoms with Crippen LogP contribution >= 0.6 is 0 Å². The number of carboxylic acid groups (broad SMARTS) is 1. The molecule has 2 N–H and O–H groups in total. The molecule has 4 aromatic rings. The number of non-ortho nitro benzene ring substituents is 1. The molecular formula is C33H34F3N3O8. The number of nitro benzene ring substituents is 1. The second-order valence-corrected chi connectivity index (χ2v) is 11.5. The van der Waals surface area contributed by atoms with Crippen molar-refractivity contribution in [1.29, 1.82) is 0 Å². The first kappa shape index (κ1) is 33.5. The molecule has 0 amide bonds. The lowest BCUT2D eigenvalue weighted by Crippen LogP contribution is -2.53. The molecule has 250 valence electrons. The van der Waals surface area contributed by atoms with E-state index in [1.165, 1.54) is 42.0 Å². The number of hydrogen-bond acceptors (Lipinski definition) is 8. The summed E-state index contributed by atoms with van der Waals surface area (Å²) in [6.07, 6.45) is -3.68. The van der Waals surface area contributed by atoms with Gasteiger partial charge in [0.15, 0.2) is 11.5 Å². The molecule has 1 aliphatic heterocycles. The van der Waals surface area contributed by atoms with Gasteiger partial charge >= 0.3 is 12.1 Å². The smallest absolute Gasteiger partial charge is 0.422 e. The minimum atomic E-state index is -5.08. The molecule has 1 unspecified atom stereocenters. The number of ether oxygens (including phenoxy) is 3. The summed E-state index contributed by atoms with van der Waals surface area (Å²) in [5.74, 6) is 0.292. The Kier molecular flexibility index (Phi) is 9.63. The van der Waals surface area contributed by atoms with Crippen molar-refractivity contribution in [3.8, 4) is 17.2 Å². The summed E-state index contributed by atoms with van der Waals surface area (Å²) in [4.78, 5) is 23.5. The Morgan fingerprint density at radius 2 is 1.74 bits per heavy atom. The van der Waals surface area contributed by atoms with Gasteiger partial charge in [0.2, 0.25) is 5.60 Å². The number of β-amino-alcohol motifs (C(OH)–C–C–N with tert-alkyl or cyclic N) is 1. The number of carboxylic acids is 1. The molecule has 11 nitrogen and oxygen atoms in total. The van der Waals surface area contributed by atoms with Crippen molar-refractivity contribution >= 4 is 22.6 Å². The van der Waals surface area contributed by atoms with Crippen LogP contribution in [0.5, 0.6) is 17.2 Å². The number of nitrogens with zero attached hydrogens (tertiary/aromatic N) is 3. The number of piperidine rings is 1. The fourth-order valence-corrected chi connectivity index (χ4v) is 5.93. The summed E-state index contributed by atoms with van der Waals surface area (Å²) in [6.45, 7) is -0.301. The van der Waals surface area contributed by atoms with Gasteiger partial charge in [0.05, 0.1) is 31.1 Å². The van der Waals surface area contributed by atoms with E-state index < -0.39 is 34.8 Å². The molecule has 1 atom stereocenters. The number of halogens is 3. The van der Waals surface area contributed by atoms with Crippen LogP contribution < -0.4 is 14.2 Å². The van der Waals surface area contributed by atoms with Crippen molar-refractivity contribution in [2.45, 2.75) is 43.7 Å². The van der Waals surface area contributed by atoms with Crippen molar-refractivity contribution in [3.05, 3.63) is 93.7 Å².